The Morgan fingerprint density at radius 1 is 0.929 bits per heavy atom. The summed E-state index contributed by atoms with van der Waals surface area (Å²) >= 11 is 0. The molecule has 3 aromatic carbocycles. The van der Waals surface area contributed by atoms with Crippen molar-refractivity contribution in [1.29, 1.82) is 0 Å². The molecule has 1 amide bonds. The second-order valence-corrected chi connectivity index (χ2v) is 5.96. The van der Waals surface area contributed by atoms with Crippen molar-refractivity contribution in [3.8, 4) is 17.2 Å². The number of carbonyl (C=O) groups excluding carboxylic acids is 1. The van der Waals surface area contributed by atoms with Gasteiger partial charge in [-0.3, -0.25) is 4.79 Å². The molecule has 28 heavy (non-hydrogen) atoms. The summed E-state index contributed by atoms with van der Waals surface area (Å²) < 4.78 is 29.4. The molecule has 0 heterocycles. The molecule has 0 aliphatic carbocycles. The minimum Gasteiger partial charge on any atom is -0.497 e. The SMILES string of the molecule is COc1cccc(OCc2cc(C(=O)Nc3ccc(F)cc3)ccc2OC)c1. The van der Waals surface area contributed by atoms with E-state index in [4.69, 9.17) is 14.2 Å². The highest BCUT2D eigenvalue weighted by atomic mass is 19.1. The van der Waals surface area contributed by atoms with Crippen molar-refractivity contribution >= 4 is 11.6 Å². The van der Waals surface area contributed by atoms with Crippen LogP contribution in [0.15, 0.2) is 66.7 Å². The van der Waals surface area contributed by atoms with Gasteiger partial charge in [0.05, 0.1) is 14.2 Å². The van der Waals surface area contributed by atoms with Gasteiger partial charge in [-0.15, -0.1) is 0 Å². The molecule has 0 saturated carbocycles. The molecule has 3 rings (SSSR count). The number of benzene rings is 3. The molecule has 0 radical (unpaired) electrons. The number of ether oxygens (including phenoxy) is 3. The largest absolute Gasteiger partial charge is 0.497 e. The Labute approximate surface area is 162 Å². The van der Waals surface area contributed by atoms with Crippen molar-refractivity contribution < 1.29 is 23.4 Å². The first-order valence-corrected chi connectivity index (χ1v) is 8.59. The first kappa shape index (κ1) is 19.2. The van der Waals surface area contributed by atoms with Crippen LogP contribution in [0.2, 0.25) is 0 Å². The summed E-state index contributed by atoms with van der Waals surface area (Å²) in [6.45, 7) is 0.216. The molecule has 144 valence electrons. The zero-order valence-corrected chi connectivity index (χ0v) is 15.6. The Balaban J connectivity index is 1.75. The van der Waals surface area contributed by atoms with Gasteiger partial charge < -0.3 is 19.5 Å². The van der Waals surface area contributed by atoms with Gasteiger partial charge in [0, 0.05) is 22.9 Å². The van der Waals surface area contributed by atoms with Crippen molar-refractivity contribution in [3.05, 3.63) is 83.7 Å². The number of methoxy groups -OCH3 is 2. The van der Waals surface area contributed by atoms with Crippen LogP contribution >= 0.6 is 0 Å². The van der Waals surface area contributed by atoms with Crippen molar-refractivity contribution in [2.75, 3.05) is 19.5 Å². The summed E-state index contributed by atoms with van der Waals surface area (Å²) in [7, 11) is 3.15. The zero-order valence-electron chi connectivity index (χ0n) is 15.6. The third-order valence-corrected chi connectivity index (χ3v) is 4.08. The predicted molar refractivity (Wildman–Crippen MR) is 105 cm³/mol. The van der Waals surface area contributed by atoms with Crippen LogP contribution in [-0.2, 0) is 6.61 Å². The van der Waals surface area contributed by atoms with Gasteiger partial charge in [-0.2, -0.15) is 0 Å². The maximum atomic E-state index is 13.0. The van der Waals surface area contributed by atoms with Gasteiger partial charge in [0.1, 0.15) is 29.7 Å². The maximum Gasteiger partial charge on any atom is 0.255 e. The van der Waals surface area contributed by atoms with E-state index in [9.17, 15) is 9.18 Å². The molecule has 0 aromatic heterocycles. The van der Waals surface area contributed by atoms with Gasteiger partial charge in [0.25, 0.3) is 5.91 Å². The highest BCUT2D eigenvalue weighted by Gasteiger charge is 2.12. The van der Waals surface area contributed by atoms with Crippen molar-refractivity contribution in [1.82, 2.24) is 0 Å². The Morgan fingerprint density at radius 3 is 2.39 bits per heavy atom. The van der Waals surface area contributed by atoms with E-state index >= 15 is 0 Å². The number of halogens is 1. The van der Waals surface area contributed by atoms with Crippen molar-refractivity contribution in [2.24, 2.45) is 0 Å². The second-order valence-electron chi connectivity index (χ2n) is 5.96. The fourth-order valence-electron chi connectivity index (χ4n) is 2.62. The van der Waals surface area contributed by atoms with Crippen LogP contribution in [0, 0.1) is 5.82 Å². The zero-order chi connectivity index (χ0) is 19.9. The summed E-state index contributed by atoms with van der Waals surface area (Å²) in [5.74, 6) is 1.28. The summed E-state index contributed by atoms with van der Waals surface area (Å²) in [6, 6.07) is 17.9. The lowest BCUT2D eigenvalue weighted by molar-refractivity contribution is 0.102. The first-order chi connectivity index (χ1) is 13.6. The third-order valence-electron chi connectivity index (χ3n) is 4.08. The number of amides is 1. The lowest BCUT2D eigenvalue weighted by Crippen LogP contribution is -2.12. The number of hydrogen-bond donors (Lipinski definition) is 1. The van der Waals surface area contributed by atoms with Crippen LogP contribution < -0.4 is 19.5 Å². The number of nitrogens with one attached hydrogen (secondary N) is 1. The molecule has 0 aliphatic heterocycles. The number of anilines is 1. The minimum absolute atomic E-state index is 0.216. The molecule has 0 atom stereocenters. The lowest BCUT2D eigenvalue weighted by Gasteiger charge is -2.13. The smallest absolute Gasteiger partial charge is 0.255 e. The van der Waals surface area contributed by atoms with E-state index in [0.29, 0.717) is 28.5 Å². The van der Waals surface area contributed by atoms with Crippen LogP contribution in [0.5, 0.6) is 17.2 Å². The summed E-state index contributed by atoms with van der Waals surface area (Å²) in [4.78, 5) is 12.5. The summed E-state index contributed by atoms with van der Waals surface area (Å²) in [5.41, 5.74) is 1.67. The van der Waals surface area contributed by atoms with E-state index in [0.717, 1.165) is 5.56 Å². The van der Waals surface area contributed by atoms with Crippen LogP contribution in [-0.4, -0.2) is 20.1 Å². The molecular formula is C22H20FNO4. The van der Waals surface area contributed by atoms with E-state index < -0.39 is 0 Å². The van der Waals surface area contributed by atoms with Gasteiger partial charge >= 0.3 is 0 Å². The van der Waals surface area contributed by atoms with Gasteiger partial charge in [0.2, 0.25) is 0 Å². The topological polar surface area (TPSA) is 56.8 Å². The lowest BCUT2D eigenvalue weighted by atomic mass is 10.1. The van der Waals surface area contributed by atoms with Gasteiger partial charge in [-0.05, 0) is 54.6 Å². The van der Waals surface area contributed by atoms with Crippen LogP contribution in [0.25, 0.3) is 0 Å². The van der Waals surface area contributed by atoms with E-state index in [-0.39, 0.29) is 18.3 Å². The molecule has 0 unspecified atom stereocenters. The van der Waals surface area contributed by atoms with Crippen molar-refractivity contribution in [2.45, 2.75) is 6.61 Å². The molecule has 6 heteroatoms. The second kappa shape index (κ2) is 8.90. The highest BCUT2D eigenvalue weighted by molar-refractivity contribution is 6.04. The Hall–Kier alpha value is -3.54. The van der Waals surface area contributed by atoms with E-state index in [1.54, 1.807) is 38.5 Å². The standard InChI is InChI=1S/C22H20FNO4/c1-26-19-4-3-5-20(13-19)28-14-16-12-15(6-11-21(16)27-2)22(25)24-18-9-7-17(23)8-10-18/h3-13H,14H2,1-2H3,(H,24,25). The molecule has 0 bridgehead atoms. The number of rotatable bonds is 7. The minimum atomic E-state index is -0.362. The fraction of sp³-hybridized carbons (Fsp3) is 0.136. The van der Waals surface area contributed by atoms with Crippen LogP contribution in [0.3, 0.4) is 0 Å². The summed E-state index contributed by atoms with van der Waals surface area (Å²) in [6.07, 6.45) is 0. The average molecular weight is 381 g/mol. The van der Waals surface area contributed by atoms with Crippen molar-refractivity contribution in [3.63, 3.8) is 0 Å². The summed E-state index contributed by atoms with van der Waals surface area (Å²) in [5, 5.41) is 2.74. The Morgan fingerprint density at radius 2 is 1.68 bits per heavy atom. The first-order valence-electron chi connectivity index (χ1n) is 8.59. The van der Waals surface area contributed by atoms with E-state index in [1.807, 2.05) is 18.2 Å². The van der Waals surface area contributed by atoms with Gasteiger partial charge in [-0.1, -0.05) is 6.07 Å². The number of carbonyl (C=O) groups is 1. The third kappa shape index (κ3) is 4.79. The average Bonchev–Trinajstić information content (AvgIpc) is 2.73. The monoisotopic (exact) mass is 381 g/mol. The number of hydrogen-bond acceptors (Lipinski definition) is 4. The molecule has 0 fully saturated rings. The molecule has 0 saturated heterocycles. The maximum absolute atomic E-state index is 13.0. The van der Waals surface area contributed by atoms with E-state index in [1.165, 1.54) is 24.3 Å². The molecule has 3 aromatic rings. The van der Waals surface area contributed by atoms with Crippen LogP contribution in [0.4, 0.5) is 10.1 Å². The molecule has 1 N–H and O–H groups in total. The van der Waals surface area contributed by atoms with Gasteiger partial charge in [-0.25, -0.2) is 4.39 Å². The Bertz CT molecular complexity index is 957. The molecule has 0 spiro atoms. The molecular weight excluding hydrogens is 361 g/mol. The predicted octanol–water partition coefficient (Wildman–Crippen LogP) is 4.67. The normalized spacial score (nSPS) is 10.2. The van der Waals surface area contributed by atoms with Gasteiger partial charge in [0.15, 0.2) is 0 Å². The van der Waals surface area contributed by atoms with E-state index in [2.05, 4.69) is 5.32 Å². The highest BCUT2D eigenvalue weighted by Crippen LogP contribution is 2.24. The molecule has 5 nitrogen and oxygen atoms in total. The quantitative estimate of drug-likeness (QED) is 0.646. The fourth-order valence-corrected chi connectivity index (χ4v) is 2.62. The molecule has 0 aliphatic rings. The van der Waals surface area contributed by atoms with Crippen LogP contribution in [0.1, 0.15) is 15.9 Å². The Kier molecular flexibility index (Phi) is 6.11.